The molecule has 0 spiro atoms. The number of hydrogen-bond donors (Lipinski definition) is 1. The summed E-state index contributed by atoms with van der Waals surface area (Å²) in [6.45, 7) is 3.41. The quantitative estimate of drug-likeness (QED) is 0.718. The molecule has 0 radical (unpaired) electrons. The molecule has 0 saturated heterocycles. The smallest absolute Gasteiger partial charge is 0.244 e. The number of aryl methyl sites for hydroxylation is 1. The van der Waals surface area contributed by atoms with Crippen molar-refractivity contribution in [2.24, 2.45) is 0 Å². The number of sulfonamides is 1. The SMILES string of the molecule is COc1cc(C)c([C@@H](C)NC(=O)CN(C)S(=O)(=O)c2cccnc2)cc1OC. The van der Waals surface area contributed by atoms with Gasteiger partial charge >= 0.3 is 0 Å². The second-order valence-corrected chi connectivity index (χ2v) is 8.35. The fourth-order valence-electron chi connectivity index (χ4n) is 2.79. The number of benzene rings is 1. The van der Waals surface area contributed by atoms with E-state index in [1.54, 1.807) is 20.3 Å². The topological polar surface area (TPSA) is 97.8 Å². The summed E-state index contributed by atoms with van der Waals surface area (Å²) in [5, 5.41) is 2.82. The van der Waals surface area contributed by atoms with E-state index in [1.807, 2.05) is 19.9 Å². The molecular weight excluding hydrogens is 382 g/mol. The number of ether oxygens (including phenoxy) is 2. The van der Waals surface area contributed by atoms with Gasteiger partial charge in [0.2, 0.25) is 15.9 Å². The van der Waals surface area contributed by atoms with E-state index < -0.39 is 15.9 Å². The fraction of sp³-hybridized carbons (Fsp3) is 0.368. The van der Waals surface area contributed by atoms with Crippen molar-refractivity contribution in [3.8, 4) is 11.5 Å². The van der Waals surface area contributed by atoms with Crippen molar-refractivity contribution in [3.63, 3.8) is 0 Å². The monoisotopic (exact) mass is 407 g/mol. The number of methoxy groups -OCH3 is 2. The number of carbonyl (C=O) groups excluding carboxylic acids is 1. The number of nitrogens with one attached hydrogen (secondary N) is 1. The lowest BCUT2D eigenvalue weighted by molar-refractivity contribution is -0.121. The molecule has 28 heavy (non-hydrogen) atoms. The number of aromatic nitrogens is 1. The molecule has 152 valence electrons. The van der Waals surface area contributed by atoms with Gasteiger partial charge in [-0.2, -0.15) is 4.31 Å². The molecule has 2 aromatic rings. The summed E-state index contributed by atoms with van der Waals surface area (Å²) in [5.41, 5.74) is 1.77. The molecule has 0 aliphatic rings. The maximum Gasteiger partial charge on any atom is 0.244 e. The predicted molar refractivity (Wildman–Crippen MR) is 105 cm³/mol. The number of hydrogen-bond acceptors (Lipinski definition) is 6. The van der Waals surface area contributed by atoms with Gasteiger partial charge in [-0.1, -0.05) is 0 Å². The number of pyridine rings is 1. The van der Waals surface area contributed by atoms with Crippen LogP contribution in [0.5, 0.6) is 11.5 Å². The Morgan fingerprint density at radius 1 is 1.25 bits per heavy atom. The normalized spacial score (nSPS) is 12.5. The summed E-state index contributed by atoms with van der Waals surface area (Å²) >= 11 is 0. The van der Waals surface area contributed by atoms with Crippen LogP contribution in [-0.2, 0) is 14.8 Å². The first-order chi connectivity index (χ1) is 13.2. The third-order valence-corrected chi connectivity index (χ3v) is 6.11. The average Bonchev–Trinajstić information content (AvgIpc) is 2.67. The van der Waals surface area contributed by atoms with E-state index in [4.69, 9.17) is 9.47 Å². The maximum absolute atomic E-state index is 12.5. The first kappa shape index (κ1) is 21.6. The van der Waals surface area contributed by atoms with E-state index >= 15 is 0 Å². The van der Waals surface area contributed by atoms with Gasteiger partial charge in [-0.05, 0) is 49.2 Å². The van der Waals surface area contributed by atoms with E-state index in [9.17, 15) is 13.2 Å². The van der Waals surface area contributed by atoms with E-state index in [0.29, 0.717) is 11.5 Å². The minimum atomic E-state index is -3.79. The molecule has 0 unspecified atom stereocenters. The summed E-state index contributed by atoms with van der Waals surface area (Å²) in [6.07, 6.45) is 2.73. The van der Waals surface area contributed by atoms with Gasteiger partial charge in [-0.3, -0.25) is 9.78 Å². The lowest BCUT2D eigenvalue weighted by Gasteiger charge is -2.21. The van der Waals surface area contributed by atoms with Crippen molar-refractivity contribution in [1.82, 2.24) is 14.6 Å². The van der Waals surface area contributed by atoms with Gasteiger partial charge in [0, 0.05) is 19.4 Å². The number of amides is 1. The lowest BCUT2D eigenvalue weighted by atomic mass is 10.0. The van der Waals surface area contributed by atoms with Crippen LogP contribution in [0.4, 0.5) is 0 Å². The van der Waals surface area contributed by atoms with E-state index in [-0.39, 0.29) is 17.5 Å². The zero-order valence-corrected chi connectivity index (χ0v) is 17.4. The van der Waals surface area contributed by atoms with Gasteiger partial charge < -0.3 is 14.8 Å². The van der Waals surface area contributed by atoms with Crippen molar-refractivity contribution in [1.29, 1.82) is 0 Å². The van der Waals surface area contributed by atoms with E-state index in [2.05, 4.69) is 10.3 Å². The van der Waals surface area contributed by atoms with E-state index in [1.165, 1.54) is 31.6 Å². The molecular formula is C19H25N3O5S. The fourth-order valence-corrected chi connectivity index (χ4v) is 3.89. The van der Waals surface area contributed by atoms with Gasteiger partial charge in [0.05, 0.1) is 26.8 Å². The molecule has 1 aromatic carbocycles. The van der Waals surface area contributed by atoms with Gasteiger partial charge in [0.15, 0.2) is 11.5 Å². The highest BCUT2D eigenvalue weighted by Crippen LogP contribution is 2.32. The molecule has 0 saturated carbocycles. The molecule has 0 fully saturated rings. The van der Waals surface area contributed by atoms with Gasteiger partial charge in [0.1, 0.15) is 4.90 Å². The van der Waals surface area contributed by atoms with Crippen LogP contribution in [0.3, 0.4) is 0 Å². The van der Waals surface area contributed by atoms with Gasteiger partial charge in [0.25, 0.3) is 0 Å². The summed E-state index contributed by atoms with van der Waals surface area (Å²) in [4.78, 5) is 16.3. The summed E-state index contributed by atoms with van der Waals surface area (Å²) in [7, 11) is 0.663. The Balaban J connectivity index is 2.11. The average molecular weight is 407 g/mol. The first-order valence-electron chi connectivity index (χ1n) is 8.59. The van der Waals surface area contributed by atoms with E-state index in [0.717, 1.165) is 15.4 Å². The van der Waals surface area contributed by atoms with Crippen LogP contribution in [0, 0.1) is 6.92 Å². The molecule has 8 nitrogen and oxygen atoms in total. The number of likely N-dealkylation sites (N-methyl/N-ethyl adjacent to an activating group) is 1. The number of carbonyl (C=O) groups is 1. The van der Waals surface area contributed by atoms with Crippen LogP contribution < -0.4 is 14.8 Å². The molecule has 1 atom stereocenters. The molecule has 1 N–H and O–H groups in total. The van der Waals surface area contributed by atoms with Crippen LogP contribution in [-0.4, -0.2) is 51.4 Å². The van der Waals surface area contributed by atoms with Gasteiger partial charge in [-0.15, -0.1) is 0 Å². The zero-order chi connectivity index (χ0) is 20.9. The Morgan fingerprint density at radius 3 is 2.46 bits per heavy atom. The zero-order valence-electron chi connectivity index (χ0n) is 16.6. The van der Waals surface area contributed by atoms with Gasteiger partial charge in [-0.25, -0.2) is 8.42 Å². The first-order valence-corrected chi connectivity index (χ1v) is 10.0. The third kappa shape index (κ3) is 4.79. The van der Waals surface area contributed by atoms with Crippen molar-refractivity contribution in [3.05, 3.63) is 47.8 Å². The molecule has 9 heteroatoms. The Labute approximate surface area is 165 Å². The van der Waals surface area contributed by atoms with Crippen molar-refractivity contribution in [2.45, 2.75) is 24.8 Å². The van der Waals surface area contributed by atoms with Crippen LogP contribution in [0.2, 0.25) is 0 Å². The lowest BCUT2D eigenvalue weighted by Crippen LogP contribution is -2.39. The molecule has 1 heterocycles. The number of nitrogens with zero attached hydrogens (tertiary/aromatic N) is 2. The largest absolute Gasteiger partial charge is 0.493 e. The molecule has 0 aliphatic carbocycles. The molecule has 2 rings (SSSR count). The predicted octanol–water partition coefficient (Wildman–Crippen LogP) is 1.91. The Morgan fingerprint density at radius 2 is 1.89 bits per heavy atom. The molecule has 1 aromatic heterocycles. The molecule has 0 aliphatic heterocycles. The highest BCUT2D eigenvalue weighted by atomic mass is 32.2. The highest BCUT2D eigenvalue weighted by Gasteiger charge is 2.24. The Kier molecular flexibility index (Phi) is 6.98. The summed E-state index contributed by atoms with van der Waals surface area (Å²) in [5.74, 6) is 0.738. The number of rotatable bonds is 8. The highest BCUT2D eigenvalue weighted by molar-refractivity contribution is 7.89. The molecule has 0 bridgehead atoms. The standard InChI is InChI=1S/C19H25N3O5S/c1-13-9-17(26-4)18(27-5)10-16(13)14(2)21-19(23)12-22(3)28(24,25)15-7-6-8-20-11-15/h6-11,14H,12H2,1-5H3,(H,21,23)/t14-/m1/s1. The van der Waals surface area contributed by atoms with Crippen LogP contribution in [0.15, 0.2) is 41.6 Å². The summed E-state index contributed by atoms with van der Waals surface area (Å²) < 4.78 is 36.6. The summed E-state index contributed by atoms with van der Waals surface area (Å²) in [6, 6.07) is 6.25. The van der Waals surface area contributed by atoms with Crippen LogP contribution in [0.25, 0.3) is 0 Å². The van der Waals surface area contributed by atoms with Crippen LogP contribution >= 0.6 is 0 Å². The van der Waals surface area contributed by atoms with Crippen LogP contribution in [0.1, 0.15) is 24.1 Å². The minimum absolute atomic E-state index is 0.0362. The second kappa shape index (κ2) is 9.03. The Bertz CT molecular complexity index is 932. The second-order valence-electron chi connectivity index (χ2n) is 6.30. The maximum atomic E-state index is 12.5. The third-order valence-electron chi connectivity index (χ3n) is 4.33. The molecule has 1 amide bonds. The van der Waals surface area contributed by atoms with Crippen molar-refractivity contribution >= 4 is 15.9 Å². The minimum Gasteiger partial charge on any atom is -0.493 e. The van der Waals surface area contributed by atoms with Crippen molar-refractivity contribution < 1.29 is 22.7 Å². The van der Waals surface area contributed by atoms with Crippen molar-refractivity contribution in [2.75, 3.05) is 27.8 Å². The Hall–Kier alpha value is -2.65.